The molecule has 3 aromatic carbocycles. The number of nitrogens with zero attached hydrogens (tertiary/aromatic N) is 2. The summed E-state index contributed by atoms with van der Waals surface area (Å²) in [5.41, 5.74) is 1.43. The Morgan fingerprint density at radius 2 is 1.63 bits per heavy atom. The average Bonchev–Trinajstić information content (AvgIpc) is 2.74. The smallest absolute Gasteiger partial charge is 0.265 e. The molecule has 3 rings (SSSR count). The number of sulfonamides is 1. The van der Waals surface area contributed by atoms with Crippen LogP contribution in [0.3, 0.4) is 0 Å². The second kappa shape index (κ2) is 8.76. The number of nitriles is 1. The van der Waals surface area contributed by atoms with Crippen LogP contribution in [0.5, 0.6) is 0 Å². The highest BCUT2D eigenvalue weighted by Gasteiger charge is 2.25. The van der Waals surface area contributed by atoms with E-state index in [1.165, 1.54) is 25.2 Å². The van der Waals surface area contributed by atoms with Crippen LogP contribution in [0.2, 0.25) is 10.0 Å². The van der Waals surface area contributed by atoms with Gasteiger partial charge in [-0.25, -0.2) is 8.42 Å². The summed E-state index contributed by atoms with van der Waals surface area (Å²) in [6.45, 7) is 0. The third kappa shape index (κ3) is 4.57. The maximum Gasteiger partial charge on any atom is 0.265 e. The van der Waals surface area contributed by atoms with E-state index in [2.05, 4.69) is 5.32 Å². The van der Waals surface area contributed by atoms with Gasteiger partial charge in [-0.3, -0.25) is 9.10 Å². The Labute approximate surface area is 184 Å². The maximum atomic E-state index is 13.1. The van der Waals surface area contributed by atoms with Gasteiger partial charge in [-0.1, -0.05) is 23.2 Å². The molecule has 0 heterocycles. The van der Waals surface area contributed by atoms with Gasteiger partial charge in [0.2, 0.25) is 0 Å². The summed E-state index contributed by atoms with van der Waals surface area (Å²) in [6.07, 6.45) is 0. The van der Waals surface area contributed by atoms with Crippen molar-refractivity contribution in [3.8, 4) is 6.07 Å². The molecule has 6 nitrogen and oxygen atoms in total. The van der Waals surface area contributed by atoms with Crippen molar-refractivity contribution >= 4 is 50.5 Å². The lowest BCUT2D eigenvalue weighted by atomic mass is 10.2. The summed E-state index contributed by atoms with van der Waals surface area (Å²) in [6, 6.07) is 18.6. The summed E-state index contributed by atoms with van der Waals surface area (Å²) in [5, 5.41) is 12.0. The van der Waals surface area contributed by atoms with E-state index >= 15 is 0 Å². The summed E-state index contributed by atoms with van der Waals surface area (Å²) in [7, 11) is -2.64. The third-order valence-electron chi connectivity index (χ3n) is 4.29. The van der Waals surface area contributed by atoms with E-state index in [9.17, 15) is 13.2 Å². The van der Waals surface area contributed by atoms with Gasteiger partial charge in [-0.2, -0.15) is 5.26 Å². The Bertz CT molecular complexity index is 1240. The number of hydrogen-bond acceptors (Lipinski definition) is 4. The first-order valence-electron chi connectivity index (χ1n) is 8.58. The maximum absolute atomic E-state index is 13.1. The van der Waals surface area contributed by atoms with E-state index in [0.717, 1.165) is 4.31 Å². The fraction of sp³-hybridized carbons (Fsp3) is 0.0476. The van der Waals surface area contributed by atoms with E-state index < -0.39 is 15.9 Å². The van der Waals surface area contributed by atoms with Crippen LogP contribution >= 0.6 is 23.2 Å². The van der Waals surface area contributed by atoms with Crippen molar-refractivity contribution in [3.63, 3.8) is 0 Å². The summed E-state index contributed by atoms with van der Waals surface area (Å²) in [4.78, 5) is 12.4. The monoisotopic (exact) mass is 459 g/mol. The van der Waals surface area contributed by atoms with Crippen LogP contribution in [-0.2, 0) is 10.0 Å². The van der Waals surface area contributed by atoms with E-state index in [0.29, 0.717) is 22.0 Å². The van der Waals surface area contributed by atoms with Crippen LogP contribution in [0.25, 0.3) is 0 Å². The van der Waals surface area contributed by atoms with Gasteiger partial charge in [-0.15, -0.1) is 0 Å². The largest absolute Gasteiger partial charge is 0.322 e. The van der Waals surface area contributed by atoms with Crippen LogP contribution in [0.4, 0.5) is 11.4 Å². The van der Waals surface area contributed by atoms with Crippen LogP contribution in [0.1, 0.15) is 15.9 Å². The Morgan fingerprint density at radius 3 is 2.23 bits per heavy atom. The first-order valence-corrected chi connectivity index (χ1v) is 10.8. The molecule has 0 unspecified atom stereocenters. The predicted molar refractivity (Wildman–Crippen MR) is 118 cm³/mol. The number of carbonyl (C=O) groups is 1. The fourth-order valence-electron chi connectivity index (χ4n) is 2.61. The van der Waals surface area contributed by atoms with Crippen molar-refractivity contribution in [2.24, 2.45) is 0 Å². The van der Waals surface area contributed by atoms with Gasteiger partial charge in [0.05, 0.1) is 22.3 Å². The molecule has 3 aromatic rings. The Morgan fingerprint density at radius 1 is 1.00 bits per heavy atom. The van der Waals surface area contributed by atoms with Crippen LogP contribution in [0.15, 0.2) is 71.6 Å². The molecule has 0 bridgehead atoms. The lowest BCUT2D eigenvalue weighted by Crippen LogP contribution is -2.27. The molecule has 0 saturated carbocycles. The molecule has 30 heavy (non-hydrogen) atoms. The molecule has 0 aromatic heterocycles. The fourth-order valence-corrected chi connectivity index (χ4v) is 4.43. The topological polar surface area (TPSA) is 90.3 Å². The molecule has 0 spiro atoms. The minimum absolute atomic E-state index is 0.00858. The minimum atomic E-state index is -4.03. The van der Waals surface area contributed by atoms with Crippen LogP contribution in [-0.4, -0.2) is 21.4 Å². The number of carbonyl (C=O) groups excluding carboxylic acids is 1. The number of nitrogens with one attached hydrogen (secondary N) is 1. The summed E-state index contributed by atoms with van der Waals surface area (Å²) in [5.74, 6) is -0.512. The Balaban J connectivity index is 1.90. The Hall–Kier alpha value is -3.05. The quantitative estimate of drug-likeness (QED) is 0.584. The molecular formula is C21H15Cl2N3O3S. The zero-order chi connectivity index (χ0) is 21.9. The second-order valence-corrected chi connectivity index (χ2v) is 9.02. The molecule has 152 valence electrons. The first-order chi connectivity index (χ1) is 14.2. The highest BCUT2D eigenvalue weighted by molar-refractivity contribution is 7.93. The number of amides is 1. The van der Waals surface area contributed by atoms with Crippen molar-refractivity contribution in [1.82, 2.24) is 0 Å². The van der Waals surface area contributed by atoms with Gasteiger partial charge in [-0.05, 0) is 66.7 Å². The zero-order valence-electron chi connectivity index (χ0n) is 15.6. The molecule has 0 atom stereocenters. The molecule has 0 aliphatic carbocycles. The second-order valence-electron chi connectivity index (χ2n) is 6.24. The van der Waals surface area contributed by atoms with E-state index in [-0.39, 0.29) is 15.5 Å². The van der Waals surface area contributed by atoms with Crippen LogP contribution in [0, 0.1) is 11.3 Å². The minimum Gasteiger partial charge on any atom is -0.322 e. The normalized spacial score (nSPS) is 10.9. The van der Waals surface area contributed by atoms with Gasteiger partial charge in [0, 0.05) is 23.3 Å². The van der Waals surface area contributed by atoms with Crippen molar-refractivity contribution in [1.29, 1.82) is 5.26 Å². The number of rotatable bonds is 5. The molecule has 0 aliphatic rings. The first kappa shape index (κ1) is 21.7. The van der Waals surface area contributed by atoms with Crippen molar-refractivity contribution < 1.29 is 13.2 Å². The van der Waals surface area contributed by atoms with E-state index in [1.54, 1.807) is 48.5 Å². The molecule has 0 saturated heterocycles. The number of benzene rings is 3. The molecular weight excluding hydrogens is 445 g/mol. The lowest BCUT2D eigenvalue weighted by Gasteiger charge is -2.20. The number of hydrogen-bond donors (Lipinski definition) is 1. The van der Waals surface area contributed by atoms with Gasteiger partial charge in [0.15, 0.2) is 0 Å². The molecule has 0 radical (unpaired) electrons. The third-order valence-corrected chi connectivity index (χ3v) is 6.81. The molecule has 1 amide bonds. The van der Waals surface area contributed by atoms with Gasteiger partial charge >= 0.3 is 0 Å². The van der Waals surface area contributed by atoms with E-state index in [4.69, 9.17) is 28.5 Å². The molecule has 0 aliphatic heterocycles. The SMILES string of the molecule is CN(c1ccc(Cl)cc1)S(=O)(=O)c1cc(C(=O)Nc2ccc(C#N)cc2)ccc1Cl. The van der Waals surface area contributed by atoms with Crippen LogP contribution < -0.4 is 9.62 Å². The standard InChI is InChI=1S/C21H15Cl2N3O3S/c1-26(18-9-5-16(22)6-10-18)30(28,29)20-12-15(4-11-19(20)23)21(27)25-17-7-2-14(13-24)3-8-17/h2-12H,1H3,(H,25,27). The van der Waals surface area contributed by atoms with Crippen molar-refractivity contribution in [2.75, 3.05) is 16.7 Å². The van der Waals surface area contributed by atoms with Crippen molar-refractivity contribution in [2.45, 2.75) is 4.90 Å². The summed E-state index contributed by atoms with van der Waals surface area (Å²) < 4.78 is 27.2. The van der Waals surface area contributed by atoms with E-state index in [1.807, 2.05) is 6.07 Å². The average molecular weight is 460 g/mol. The summed E-state index contributed by atoms with van der Waals surface area (Å²) >= 11 is 12.0. The highest BCUT2D eigenvalue weighted by atomic mass is 35.5. The number of halogens is 2. The molecule has 1 N–H and O–H groups in total. The Kier molecular flexibility index (Phi) is 6.32. The molecule has 9 heteroatoms. The zero-order valence-corrected chi connectivity index (χ0v) is 18.0. The highest BCUT2D eigenvalue weighted by Crippen LogP contribution is 2.29. The van der Waals surface area contributed by atoms with Gasteiger partial charge in [0.25, 0.3) is 15.9 Å². The predicted octanol–water partition coefficient (Wildman–Crippen LogP) is 4.94. The number of anilines is 2. The van der Waals surface area contributed by atoms with Crippen molar-refractivity contribution in [3.05, 3.63) is 87.9 Å². The van der Waals surface area contributed by atoms with Gasteiger partial charge < -0.3 is 5.32 Å². The molecule has 0 fully saturated rings. The lowest BCUT2D eigenvalue weighted by molar-refractivity contribution is 0.102. The van der Waals surface area contributed by atoms with Gasteiger partial charge in [0.1, 0.15) is 4.90 Å².